The standard InChI is InChI=1S/C11H9ClN2O/c12-7-11(15)14-9-4-3-8-2-1-5-13-10(8)6-9/h1-6H,7H2,(H,14,15). The number of halogens is 1. The van der Waals surface area contributed by atoms with Gasteiger partial charge >= 0.3 is 0 Å². The van der Waals surface area contributed by atoms with Crippen LogP contribution in [0.2, 0.25) is 0 Å². The minimum absolute atomic E-state index is 0.0414. The highest BCUT2D eigenvalue weighted by Gasteiger charge is 2.00. The Balaban J connectivity index is 2.34. The first-order valence-electron chi connectivity index (χ1n) is 4.50. The fourth-order valence-electron chi connectivity index (χ4n) is 1.34. The lowest BCUT2D eigenvalue weighted by Gasteiger charge is -2.03. The average Bonchev–Trinajstić information content (AvgIpc) is 2.29. The number of anilines is 1. The average molecular weight is 221 g/mol. The van der Waals surface area contributed by atoms with Gasteiger partial charge < -0.3 is 5.32 Å². The summed E-state index contributed by atoms with van der Waals surface area (Å²) in [5, 5.41) is 3.72. The molecule has 0 saturated carbocycles. The van der Waals surface area contributed by atoms with E-state index >= 15 is 0 Å². The summed E-state index contributed by atoms with van der Waals surface area (Å²) in [6.07, 6.45) is 1.72. The van der Waals surface area contributed by atoms with E-state index in [1.165, 1.54) is 0 Å². The number of rotatable bonds is 2. The third-order valence-electron chi connectivity index (χ3n) is 2.01. The Morgan fingerprint density at radius 2 is 2.27 bits per heavy atom. The van der Waals surface area contributed by atoms with E-state index in [1.807, 2.05) is 30.3 Å². The maximum Gasteiger partial charge on any atom is 0.239 e. The van der Waals surface area contributed by atoms with Gasteiger partial charge in [0.05, 0.1) is 5.52 Å². The summed E-state index contributed by atoms with van der Waals surface area (Å²) in [5.41, 5.74) is 1.57. The molecule has 3 nitrogen and oxygen atoms in total. The van der Waals surface area contributed by atoms with Crippen molar-refractivity contribution in [2.45, 2.75) is 0 Å². The van der Waals surface area contributed by atoms with Crippen LogP contribution in [-0.2, 0) is 4.79 Å². The number of nitrogens with one attached hydrogen (secondary N) is 1. The second kappa shape index (κ2) is 4.28. The Morgan fingerprint density at radius 1 is 1.40 bits per heavy atom. The fourth-order valence-corrected chi connectivity index (χ4v) is 1.41. The molecule has 1 amide bonds. The molecule has 1 N–H and O–H groups in total. The van der Waals surface area contributed by atoms with Gasteiger partial charge in [0.2, 0.25) is 5.91 Å². The smallest absolute Gasteiger partial charge is 0.239 e. The van der Waals surface area contributed by atoms with Crippen LogP contribution in [0.1, 0.15) is 0 Å². The first-order valence-corrected chi connectivity index (χ1v) is 5.03. The number of pyridine rings is 1. The molecule has 0 aliphatic rings. The summed E-state index contributed by atoms with van der Waals surface area (Å²) in [4.78, 5) is 15.2. The molecule has 0 aliphatic heterocycles. The fraction of sp³-hybridized carbons (Fsp3) is 0.0909. The zero-order valence-electron chi connectivity index (χ0n) is 7.90. The molecule has 1 aromatic heterocycles. The van der Waals surface area contributed by atoms with E-state index in [0.717, 1.165) is 10.9 Å². The molecule has 1 heterocycles. The highest BCUT2D eigenvalue weighted by molar-refractivity contribution is 6.29. The predicted molar refractivity (Wildman–Crippen MR) is 61.1 cm³/mol. The molecule has 0 saturated heterocycles. The third-order valence-corrected chi connectivity index (χ3v) is 2.25. The van der Waals surface area contributed by atoms with Gasteiger partial charge in [-0.3, -0.25) is 9.78 Å². The molecular formula is C11H9ClN2O. The number of hydrogen-bond donors (Lipinski definition) is 1. The van der Waals surface area contributed by atoms with Gasteiger partial charge in [-0.1, -0.05) is 12.1 Å². The second-order valence-corrected chi connectivity index (χ2v) is 3.36. The van der Waals surface area contributed by atoms with Gasteiger partial charge in [0.25, 0.3) is 0 Å². The monoisotopic (exact) mass is 220 g/mol. The van der Waals surface area contributed by atoms with E-state index < -0.39 is 0 Å². The van der Waals surface area contributed by atoms with Crippen LogP contribution in [0.15, 0.2) is 36.5 Å². The number of carbonyl (C=O) groups excluding carboxylic acids is 1. The van der Waals surface area contributed by atoms with E-state index in [0.29, 0.717) is 5.69 Å². The van der Waals surface area contributed by atoms with Crippen LogP contribution in [0, 0.1) is 0 Å². The molecule has 0 spiro atoms. The summed E-state index contributed by atoms with van der Waals surface area (Å²) >= 11 is 5.39. The van der Waals surface area contributed by atoms with Gasteiger partial charge in [-0.05, 0) is 18.2 Å². The van der Waals surface area contributed by atoms with Gasteiger partial charge in [0.15, 0.2) is 0 Å². The third kappa shape index (κ3) is 2.25. The number of amides is 1. The molecule has 76 valence electrons. The summed E-state index contributed by atoms with van der Waals surface area (Å²) < 4.78 is 0. The summed E-state index contributed by atoms with van der Waals surface area (Å²) in [7, 11) is 0. The molecule has 0 bridgehead atoms. The first-order chi connectivity index (χ1) is 7.29. The molecule has 1 aromatic carbocycles. The van der Waals surface area contributed by atoms with E-state index in [2.05, 4.69) is 10.3 Å². The molecule has 4 heteroatoms. The summed E-state index contributed by atoms with van der Waals surface area (Å²) in [6.45, 7) is 0. The van der Waals surface area contributed by atoms with E-state index in [9.17, 15) is 4.79 Å². The minimum atomic E-state index is -0.216. The van der Waals surface area contributed by atoms with Gasteiger partial charge in [-0.25, -0.2) is 0 Å². The second-order valence-electron chi connectivity index (χ2n) is 3.09. The zero-order valence-corrected chi connectivity index (χ0v) is 8.66. The number of nitrogens with zero attached hydrogens (tertiary/aromatic N) is 1. The van der Waals surface area contributed by atoms with Gasteiger partial charge in [-0.15, -0.1) is 11.6 Å². The molecule has 0 radical (unpaired) electrons. The van der Waals surface area contributed by atoms with E-state index in [-0.39, 0.29) is 11.8 Å². The van der Waals surface area contributed by atoms with Crippen molar-refractivity contribution in [3.8, 4) is 0 Å². The highest BCUT2D eigenvalue weighted by atomic mass is 35.5. The van der Waals surface area contributed by atoms with Crippen LogP contribution in [0.4, 0.5) is 5.69 Å². The lowest BCUT2D eigenvalue weighted by atomic mass is 10.2. The Labute approximate surface area is 92.1 Å². The van der Waals surface area contributed by atoms with Crippen molar-refractivity contribution in [1.29, 1.82) is 0 Å². The van der Waals surface area contributed by atoms with Crippen LogP contribution in [0.5, 0.6) is 0 Å². The topological polar surface area (TPSA) is 42.0 Å². The van der Waals surface area contributed by atoms with Crippen LogP contribution in [0.25, 0.3) is 10.9 Å². The van der Waals surface area contributed by atoms with Crippen molar-refractivity contribution in [3.05, 3.63) is 36.5 Å². The molecule has 0 aliphatic carbocycles. The van der Waals surface area contributed by atoms with Crippen molar-refractivity contribution in [2.24, 2.45) is 0 Å². The molecule has 0 fully saturated rings. The summed E-state index contributed by atoms with van der Waals surface area (Å²) in [6, 6.07) is 9.40. The van der Waals surface area contributed by atoms with Crippen molar-refractivity contribution in [1.82, 2.24) is 4.98 Å². The number of alkyl halides is 1. The van der Waals surface area contributed by atoms with Crippen molar-refractivity contribution in [3.63, 3.8) is 0 Å². The number of benzene rings is 1. The number of hydrogen-bond acceptors (Lipinski definition) is 2. The molecule has 2 aromatic rings. The number of fused-ring (bicyclic) bond motifs is 1. The maximum absolute atomic E-state index is 11.1. The summed E-state index contributed by atoms with van der Waals surface area (Å²) in [5.74, 6) is -0.257. The number of aromatic nitrogens is 1. The molecule has 15 heavy (non-hydrogen) atoms. The van der Waals surface area contributed by atoms with Gasteiger partial charge in [-0.2, -0.15) is 0 Å². The Morgan fingerprint density at radius 3 is 3.07 bits per heavy atom. The SMILES string of the molecule is O=C(CCl)Nc1ccc2cccnc2c1. The van der Waals surface area contributed by atoms with Crippen LogP contribution < -0.4 is 5.32 Å². The van der Waals surface area contributed by atoms with Gasteiger partial charge in [0, 0.05) is 17.3 Å². The van der Waals surface area contributed by atoms with Crippen molar-refractivity contribution in [2.75, 3.05) is 11.2 Å². The Kier molecular flexibility index (Phi) is 2.83. The van der Waals surface area contributed by atoms with Crippen LogP contribution >= 0.6 is 11.6 Å². The highest BCUT2D eigenvalue weighted by Crippen LogP contribution is 2.16. The normalized spacial score (nSPS) is 10.2. The van der Waals surface area contributed by atoms with Crippen molar-refractivity contribution < 1.29 is 4.79 Å². The lowest BCUT2D eigenvalue weighted by molar-refractivity contribution is -0.113. The van der Waals surface area contributed by atoms with Crippen LogP contribution in [0.3, 0.4) is 0 Å². The van der Waals surface area contributed by atoms with Crippen LogP contribution in [-0.4, -0.2) is 16.8 Å². The van der Waals surface area contributed by atoms with Crippen molar-refractivity contribution >= 4 is 34.1 Å². The molecular weight excluding hydrogens is 212 g/mol. The largest absolute Gasteiger partial charge is 0.325 e. The lowest BCUT2D eigenvalue weighted by Crippen LogP contribution is -2.12. The first kappa shape index (κ1) is 9.93. The molecule has 0 unspecified atom stereocenters. The zero-order chi connectivity index (χ0) is 10.7. The molecule has 2 rings (SSSR count). The van der Waals surface area contributed by atoms with E-state index in [1.54, 1.807) is 6.20 Å². The van der Waals surface area contributed by atoms with E-state index in [4.69, 9.17) is 11.6 Å². The minimum Gasteiger partial charge on any atom is -0.325 e. The molecule has 0 atom stereocenters. The number of carbonyl (C=O) groups is 1. The van der Waals surface area contributed by atoms with Gasteiger partial charge in [0.1, 0.15) is 5.88 Å². The Hall–Kier alpha value is -1.61. The Bertz CT molecular complexity index is 499. The maximum atomic E-state index is 11.1. The quantitative estimate of drug-likeness (QED) is 0.790. The predicted octanol–water partition coefficient (Wildman–Crippen LogP) is 2.41.